The van der Waals surface area contributed by atoms with E-state index in [1.807, 2.05) is 6.92 Å². The number of ether oxygens (including phenoxy) is 3. The number of rotatable bonds is 8. The maximum atomic E-state index is 14.3. The number of benzene rings is 2. The van der Waals surface area contributed by atoms with E-state index < -0.39 is 39.9 Å². The topological polar surface area (TPSA) is 63.3 Å². The SMILES string of the molecule is CCOc1cc(C(=O)NC(=S)N2CCN(c3c(F)c(F)c(Cl)c(F)c3F)CC2)cc(OCC)c1OCC. The third kappa shape index (κ3) is 6.12. The van der Waals surface area contributed by atoms with E-state index in [0.29, 0.717) is 37.1 Å². The summed E-state index contributed by atoms with van der Waals surface area (Å²) in [4.78, 5) is 15.7. The van der Waals surface area contributed by atoms with Gasteiger partial charge in [0.25, 0.3) is 5.91 Å². The Hall–Kier alpha value is -2.99. The summed E-state index contributed by atoms with van der Waals surface area (Å²) in [7, 11) is 0. The molecule has 0 atom stereocenters. The lowest BCUT2D eigenvalue weighted by Gasteiger charge is -2.37. The van der Waals surface area contributed by atoms with E-state index in [0.717, 1.165) is 4.90 Å². The molecule has 13 heteroatoms. The van der Waals surface area contributed by atoms with Crippen LogP contribution in [0.3, 0.4) is 0 Å². The number of nitrogens with one attached hydrogen (secondary N) is 1. The monoisotopic (exact) mass is 563 g/mol. The maximum Gasteiger partial charge on any atom is 0.257 e. The second kappa shape index (κ2) is 12.5. The first kappa shape index (κ1) is 28.6. The largest absolute Gasteiger partial charge is 0.490 e. The highest BCUT2D eigenvalue weighted by molar-refractivity contribution is 7.80. The first-order valence-corrected chi connectivity index (χ1v) is 12.4. The van der Waals surface area contributed by atoms with Gasteiger partial charge < -0.3 is 24.0 Å². The molecule has 7 nitrogen and oxygen atoms in total. The van der Waals surface area contributed by atoms with Gasteiger partial charge >= 0.3 is 0 Å². The Labute approximate surface area is 222 Å². The van der Waals surface area contributed by atoms with Crippen LogP contribution in [0.15, 0.2) is 12.1 Å². The van der Waals surface area contributed by atoms with Gasteiger partial charge in [-0.1, -0.05) is 11.6 Å². The van der Waals surface area contributed by atoms with Gasteiger partial charge in [0.1, 0.15) is 10.7 Å². The Morgan fingerprint density at radius 1 is 0.892 bits per heavy atom. The summed E-state index contributed by atoms with van der Waals surface area (Å²) in [6.45, 7) is 6.65. The van der Waals surface area contributed by atoms with Crippen molar-refractivity contribution in [2.24, 2.45) is 0 Å². The van der Waals surface area contributed by atoms with E-state index in [4.69, 9.17) is 38.0 Å². The molecular weight excluding hydrogens is 538 g/mol. The highest BCUT2D eigenvalue weighted by Crippen LogP contribution is 2.39. The van der Waals surface area contributed by atoms with Gasteiger partial charge in [0.05, 0.1) is 19.8 Å². The summed E-state index contributed by atoms with van der Waals surface area (Å²) in [6.07, 6.45) is 0. The third-order valence-electron chi connectivity index (χ3n) is 5.46. The van der Waals surface area contributed by atoms with Gasteiger partial charge in [0, 0.05) is 31.7 Å². The molecule has 202 valence electrons. The molecule has 0 bridgehead atoms. The van der Waals surface area contributed by atoms with Crippen LogP contribution in [0.5, 0.6) is 17.2 Å². The smallest absolute Gasteiger partial charge is 0.257 e. The fraction of sp³-hybridized carbons (Fsp3) is 0.417. The van der Waals surface area contributed by atoms with Gasteiger partial charge in [-0.05, 0) is 45.1 Å². The van der Waals surface area contributed by atoms with Crippen molar-refractivity contribution in [2.45, 2.75) is 20.8 Å². The van der Waals surface area contributed by atoms with Gasteiger partial charge in [0.2, 0.25) is 5.75 Å². The predicted octanol–water partition coefficient (Wildman–Crippen LogP) is 4.93. The van der Waals surface area contributed by atoms with Crippen LogP contribution in [0, 0.1) is 23.3 Å². The maximum absolute atomic E-state index is 14.3. The normalized spacial score (nSPS) is 13.4. The number of carbonyl (C=O) groups excluding carboxylic acids is 1. The van der Waals surface area contributed by atoms with Crippen molar-refractivity contribution < 1.29 is 36.6 Å². The quantitative estimate of drug-likeness (QED) is 0.211. The Balaban J connectivity index is 1.72. The summed E-state index contributed by atoms with van der Waals surface area (Å²) >= 11 is 10.7. The predicted molar refractivity (Wildman–Crippen MR) is 135 cm³/mol. The van der Waals surface area contributed by atoms with E-state index in [-0.39, 0.29) is 36.9 Å². The van der Waals surface area contributed by atoms with Crippen molar-refractivity contribution in [3.05, 3.63) is 46.0 Å². The molecule has 37 heavy (non-hydrogen) atoms. The van der Waals surface area contributed by atoms with Crippen LogP contribution in [0.4, 0.5) is 23.2 Å². The average Bonchev–Trinajstić information content (AvgIpc) is 2.88. The molecular formula is C24H26ClF4N3O4S. The molecule has 0 aromatic heterocycles. The molecule has 1 N–H and O–H groups in total. The fourth-order valence-corrected chi connectivity index (χ4v) is 4.21. The van der Waals surface area contributed by atoms with E-state index >= 15 is 0 Å². The molecule has 1 saturated heterocycles. The number of hydrogen-bond acceptors (Lipinski definition) is 6. The molecule has 3 rings (SSSR count). The van der Waals surface area contributed by atoms with E-state index in [1.165, 1.54) is 12.1 Å². The Kier molecular flexibility index (Phi) is 9.66. The van der Waals surface area contributed by atoms with Crippen LogP contribution in [0.2, 0.25) is 5.02 Å². The minimum absolute atomic E-state index is 0.0175. The van der Waals surface area contributed by atoms with Gasteiger partial charge in [-0.15, -0.1) is 0 Å². The second-order valence-electron chi connectivity index (χ2n) is 7.75. The molecule has 0 saturated carbocycles. The summed E-state index contributed by atoms with van der Waals surface area (Å²) in [6, 6.07) is 3.03. The third-order valence-corrected chi connectivity index (χ3v) is 6.15. The second-order valence-corrected chi connectivity index (χ2v) is 8.52. The van der Waals surface area contributed by atoms with Gasteiger partial charge in [-0.2, -0.15) is 0 Å². The highest BCUT2D eigenvalue weighted by atomic mass is 35.5. The molecule has 2 aromatic rings. The van der Waals surface area contributed by atoms with Crippen LogP contribution in [-0.4, -0.2) is 61.9 Å². The van der Waals surface area contributed by atoms with E-state index in [9.17, 15) is 22.4 Å². The number of anilines is 1. The molecule has 0 aliphatic carbocycles. The molecule has 1 aliphatic rings. The Morgan fingerprint density at radius 2 is 1.38 bits per heavy atom. The first-order chi connectivity index (χ1) is 17.6. The highest BCUT2D eigenvalue weighted by Gasteiger charge is 2.30. The zero-order valence-corrected chi connectivity index (χ0v) is 22.0. The molecule has 1 heterocycles. The van der Waals surface area contributed by atoms with Crippen LogP contribution >= 0.6 is 23.8 Å². The number of hydrogen-bond donors (Lipinski definition) is 1. The molecule has 0 spiro atoms. The van der Waals surface area contributed by atoms with Gasteiger partial charge in [-0.25, -0.2) is 17.6 Å². The lowest BCUT2D eigenvalue weighted by Crippen LogP contribution is -2.53. The van der Waals surface area contributed by atoms with Crippen molar-refractivity contribution in [2.75, 3.05) is 50.9 Å². The molecule has 0 radical (unpaired) electrons. The molecule has 1 aliphatic heterocycles. The summed E-state index contributed by atoms with van der Waals surface area (Å²) in [5.41, 5.74) is -0.622. The van der Waals surface area contributed by atoms with Crippen molar-refractivity contribution >= 4 is 40.5 Å². The van der Waals surface area contributed by atoms with Crippen LogP contribution in [-0.2, 0) is 0 Å². The summed E-state index contributed by atoms with van der Waals surface area (Å²) < 4.78 is 73.3. The van der Waals surface area contributed by atoms with Gasteiger partial charge in [0.15, 0.2) is 39.9 Å². The molecule has 1 fully saturated rings. The summed E-state index contributed by atoms with van der Waals surface area (Å²) in [5, 5.41) is 1.45. The number of nitrogens with zero attached hydrogens (tertiary/aromatic N) is 2. The van der Waals surface area contributed by atoms with E-state index in [1.54, 1.807) is 18.7 Å². The average molecular weight is 564 g/mol. The van der Waals surface area contributed by atoms with E-state index in [2.05, 4.69) is 5.32 Å². The van der Waals surface area contributed by atoms with Crippen molar-refractivity contribution in [1.82, 2.24) is 10.2 Å². The van der Waals surface area contributed by atoms with Gasteiger partial charge in [-0.3, -0.25) is 10.1 Å². The summed E-state index contributed by atoms with van der Waals surface area (Å²) in [5.74, 6) is -5.92. The zero-order valence-electron chi connectivity index (χ0n) is 20.4. The van der Waals surface area contributed by atoms with Crippen molar-refractivity contribution in [1.29, 1.82) is 0 Å². The van der Waals surface area contributed by atoms with Crippen molar-refractivity contribution in [3.63, 3.8) is 0 Å². The van der Waals surface area contributed by atoms with Crippen LogP contribution in [0.25, 0.3) is 0 Å². The number of halogens is 5. The Bertz CT molecular complexity index is 1120. The zero-order chi connectivity index (χ0) is 27.3. The molecule has 2 aromatic carbocycles. The molecule has 0 unspecified atom stereocenters. The first-order valence-electron chi connectivity index (χ1n) is 11.6. The lowest BCUT2D eigenvalue weighted by atomic mass is 10.1. The van der Waals surface area contributed by atoms with Crippen LogP contribution in [0.1, 0.15) is 31.1 Å². The number of carbonyl (C=O) groups is 1. The van der Waals surface area contributed by atoms with Crippen molar-refractivity contribution in [3.8, 4) is 17.2 Å². The molecule has 1 amide bonds. The fourth-order valence-electron chi connectivity index (χ4n) is 3.77. The minimum atomic E-state index is -1.66. The standard InChI is InChI=1S/C24H26ClF4N3O4S/c1-4-34-14-11-13(12-15(35-5-2)22(14)36-6-3)23(33)30-24(37)32-9-7-31(8-10-32)21-19(28)17(26)16(25)18(27)20(21)29/h11-12H,4-10H2,1-3H3,(H,30,33,37). The lowest BCUT2D eigenvalue weighted by molar-refractivity contribution is 0.0972. The van der Waals surface area contributed by atoms with Crippen LogP contribution < -0.4 is 24.4 Å². The number of amides is 1. The minimum Gasteiger partial charge on any atom is -0.490 e. The number of thiocarbonyl (C=S) groups is 1. The number of piperazine rings is 1. The Morgan fingerprint density at radius 3 is 1.84 bits per heavy atom.